The summed E-state index contributed by atoms with van der Waals surface area (Å²) in [5.41, 5.74) is 0.449. The lowest BCUT2D eigenvalue weighted by Crippen LogP contribution is -2.38. The van der Waals surface area contributed by atoms with Crippen molar-refractivity contribution in [3.8, 4) is 11.5 Å². The maximum atomic E-state index is 12.0. The Kier molecular flexibility index (Phi) is 4.96. The number of para-hydroxylation sites is 2. The van der Waals surface area contributed by atoms with E-state index in [1.165, 1.54) is 0 Å². The van der Waals surface area contributed by atoms with Crippen molar-refractivity contribution in [3.63, 3.8) is 0 Å². The van der Waals surface area contributed by atoms with Crippen molar-refractivity contribution in [1.29, 1.82) is 0 Å². The van der Waals surface area contributed by atoms with Gasteiger partial charge in [-0.3, -0.25) is 0 Å². The molecule has 2 aromatic carbocycles. The average molecular weight is 328 g/mol. The molecule has 6 heteroatoms. The Hall–Kier alpha value is -3.02. The first kappa shape index (κ1) is 15.9. The van der Waals surface area contributed by atoms with Crippen molar-refractivity contribution in [1.82, 2.24) is 0 Å². The smallest absolute Gasteiger partial charge is 0.351 e. The molecular formula is C18H16O6. The molecule has 0 saturated heterocycles. The van der Waals surface area contributed by atoms with Crippen LogP contribution >= 0.6 is 0 Å². The van der Waals surface area contributed by atoms with E-state index in [1.54, 1.807) is 42.5 Å². The molecule has 0 aliphatic carbocycles. The van der Waals surface area contributed by atoms with E-state index in [-0.39, 0.29) is 19.8 Å². The monoisotopic (exact) mass is 328 g/mol. The van der Waals surface area contributed by atoms with Crippen LogP contribution in [-0.4, -0.2) is 37.9 Å². The number of carbonyl (C=O) groups is 2. The SMILES string of the molecule is O=C(OCCOC(=O)C1COc2ccccc2O1)c1ccccc1. The third kappa shape index (κ3) is 3.84. The number of ether oxygens (including phenoxy) is 4. The Balaban J connectivity index is 1.41. The van der Waals surface area contributed by atoms with Gasteiger partial charge in [-0.1, -0.05) is 30.3 Å². The van der Waals surface area contributed by atoms with Crippen LogP contribution in [-0.2, 0) is 14.3 Å². The van der Waals surface area contributed by atoms with Crippen molar-refractivity contribution in [2.45, 2.75) is 6.10 Å². The first-order chi connectivity index (χ1) is 11.7. The van der Waals surface area contributed by atoms with E-state index in [4.69, 9.17) is 18.9 Å². The van der Waals surface area contributed by atoms with Gasteiger partial charge in [0.25, 0.3) is 0 Å². The quantitative estimate of drug-likeness (QED) is 0.619. The number of esters is 2. The van der Waals surface area contributed by atoms with Crippen molar-refractivity contribution >= 4 is 11.9 Å². The third-order valence-corrected chi connectivity index (χ3v) is 3.34. The van der Waals surface area contributed by atoms with Crippen LogP contribution in [0, 0.1) is 0 Å². The Bertz CT molecular complexity index is 712. The third-order valence-electron chi connectivity index (χ3n) is 3.34. The fraction of sp³-hybridized carbons (Fsp3) is 0.222. The van der Waals surface area contributed by atoms with E-state index < -0.39 is 18.0 Å². The molecule has 6 nitrogen and oxygen atoms in total. The van der Waals surface area contributed by atoms with Crippen molar-refractivity contribution in [2.75, 3.05) is 19.8 Å². The normalized spacial score (nSPS) is 15.4. The van der Waals surface area contributed by atoms with Crippen molar-refractivity contribution < 1.29 is 28.5 Å². The molecule has 0 radical (unpaired) electrons. The highest BCUT2D eigenvalue weighted by Gasteiger charge is 2.28. The maximum absolute atomic E-state index is 12.0. The van der Waals surface area contributed by atoms with Gasteiger partial charge in [0.2, 0.25) is 6.10 Å². The Morgan fingerprint density at radius 3 is 2.38 bits per heavy atom. The van der Waals surface area contributed by atoms with Gasteiger partial charge in [-0.15, -0.1) is 0 Å². The first-order valence-corrected chi connectivity index (χ1v) is 7.51. The molecule has 0 spiro atoms. The van der Waals surface area contributed by atoms with Gasteiger partial charge in [0, 0.05) is 0 Å². The summed E-state index contributed by atoms with van der Waals surface area (Å²) < 4.78 is 21.1. The molecule has 1 unspecified atom stereocenters. The zero-order chi connectivity index (χ0) is 16.8. The number of fused-ring (bicyclic) bond motifs is 1. The largest absolute Gasteiger partial charge is 0.485 e. The minimum absolute atomic E-state index is 0.0242. The van der Waals surface area contributed by atoms with Crippen molar-refractivity contribution in [2.24, 2.45) is 0 Å². The van der Waals surface area contributed by atoms with E-state index in [9.17, 15) is 9.59 Å². The van der Waals surface area contributed by atoms with Crippen LogP contribution in [0.1, 0.15) is 10.4 Å². The number of rotatable bonds is 5. The average Bonchev–Trinajstić information content (AvgIpc) is 2.65. The molecule has 1 heterocycles. The molecule has 1 aliphatic heterocycles. The second-order valence-corrected chi connectivity index (χ2v) is 5.03. The molecule has 3 rings (SSSR count). The van der Waals surface area contributed by atoms with Crippen LogP contribution in [0.2, 0.25) is 0 Å². The molecule has 1 atom stereocenters. The minimum atomic E-state index is -0.829. The molecule has 124 valence electrons. The molecule has 24 heavy (non-hydrogen) atoms. The minimum Gasteiger partial charge on any atom is -0.485 e. The fourth-order valence-corrected chi connectivity index (χ4v) is 2.16. The Morgan fingerprint density at radius 2 is 1.58 bits per heavy atom. The van der Waals surface area contributed by atoms with Gasteiger partial charge in [0.1, 0.15) is 19.8 Å². The summed E-state index contributed by atoms with van der Waals surface area (Å²) in [6, 6.07) is 15.7. The lowest BCUT2D eigenvalue weighted by Gasteiger charge is -2.24. The summed E-state index contributed by atoms with van der Waals surface area (Å²) in [6.07, 6.45) is -0.829. The zero-order valence-electron chi connectivity index (χ0n) is 12.8. The topological polar surface area (TPSA) is 71.1 Å². The second-order valence-electron chi connectivity index (χ2n) is 5.03. The summed E-state index contributed by atoms with van der Waals surface area (Å²) in [6.45, 7) is 0.0161. The van der Waals surface area contributed by atoms with Gasteiger partial charge < -0.3 is 18.9 Å². The van der Waals surface area contributed by atoms with E-state index in [1.807, 2.05) is 12.1 Å². The molecular weight excluding hydrogens is 312 g/mol. The van der Waals surface area contributed by atoms with E-state index >= 15 is 0 Å². The highest BCUT2D eigenvalue weighted by molar-refractivity contribution is 5.89. The number of hydrogen-bond acceptors (Lipinski definition) is 6. The zero-order valence-corrected chi connectivity index (χ0v) is 12.8. The second kappa shape index (κ2) is 7.50. The number of benzene rings is 2. The van der Waals surface area contributed by atoms with E-state index in [0.29, 0.717) is 17.1 Å². The molecule has 1 aliphatic rings. The molecule has 0 saturated carbocycles. The first-order valence-electron chi connectivity index (χ1n) is 7.51. The highest BCUT2D eigenvalue weighted by atomic mass is 16.6. The summed E-state index contributed by atoms with van der Waals surface area (Å²) in [4.78, 5) is 23.7. The van der Waals surface area contributed by atoms with Gasteiger partial charge in [0.05, 0.1) is 5.56 Å². The molecule has 0 N–H and O–H groups in total. The molecule has 0 bridgehead atoms. The van der Waals surface area contributed by atoms with Gasteiger partial charge >= 0.3 is 11.9 Å². The van der Waals surface area contributed by atoms with Crippen LogP contribution in [0.15, 0.2) is 54.6 Å². The standard InChI is InChI=1S/C18H16O6/c19-17(13-6-2-1-3-7-13)21-10-11-22-18(20)16-12-23-14-8-4-5-9-15(14)24-16/h1-9,16H,10-12H2. The van der Waals surface area contributed by atoms with Crippen molar-refractivity contribution in [3.05, 3.63) is 60.2 Å². The molecule has 0 fully saturated rings. The molecule has 0 amide bonds. The summed E-state index contributed by atoms with van der Waals surface area (Å²) in [5.74, 6) is 0.0811. The predicted molar refractivity (Wildman–Crippen MR) is 84.0 cm³/mol. The van der Waals surface area contributed by atoms with Crippen LogP contribution < -0.4 is 9.47 Å². The Labute approximate surface area is 138 Å². The van der Waals surface area contributed by atoms with Gasteiger partial charge in [-0.05, 0) is 24.3 Å². The lowest BCUT2D eigenvalue weighted by molar-refractivity contribution is -0.155. The summed E-state index contributed by atoms with van der Waals surface area (Å²) >= 11 is 0. The van der Waals surface area contributed by atoms with E-state index in [2.05, 4.69) is 0 Å². The van der Waals surface area contributed by atoms with Crippen LogP contribution in [0.4, 0.5) is 0 Å². The van der Waals surface area contributed by atoms with Gasteiger partial charge in [0.15, 0.2) is 11.5 Å². The van der Waals surface area contributed by atoms with Gasteiger partial charge in [-0.2, -0.15) is 0 Å². The maximum Gasteiger partial charge on any atom is 0.351 e. The molecule has 0 aromatic heterocycles. The lowest BCUT2D eigenvalue weighted by atomic mass is 10.2. The highest BCUT2D eigenvalue weighted by Crippen LogP contribution is 2.31. The van der Waals surface area contributed by atoms with Crippen LogP contribution in [0.25, 0.3) is 0 Å². The Morgan fingerprint density at radius 1 is 0.917 bits per heavy atom. The van der Waals surface area contributed by atoms with Crippen LogP contribution in [0.3, 0.4) is 0 Å². The number of hydrogen-bond donors (Lipinski definition) is 0. The van der Waals surface area contributed by atoms with E-state index in [0.717, 1.165) is 0 Å². The fourth-order valence-electron chi connectivity index (χ4n) is 2.16. The predicted octanol–water partition coefficient (Wildman–Crippen LogP) is 2.23. The number of carbonyl (C=O) groups excluding carboxylic acids is 2. The summed E-state index contributed by atoms with van der Waals surface area (Å²) in [5, 5.41) is 0. The van der Waals surface area contributed by atoms with Gasteiger partial charge in [-0.25, -0.2) is 9.59 Å². The molecule has 2 aromatic rings. The summed E-state index contributed by atoms with van der Waals surface area (Å²) in [7, 11) is 0. The van der Waals surface area contributed by atoms with Crippen LogP contribution in [0.5, 0.6) is 11.5 Å².